The third-order valence-electron chi connectivity index (χ3n) is 3.34. The molecule has 17 heavy (non-hydrogen) atoms. The largest absolute Gasteiger partial charge is 0.497 e. The van der Waals surface area contributed by atoms with Gasteiger partial charge >= 0.3 is 0 Å². The molecule has 0 radical (unpaired) electrons. The number of benzene rings is 1. The second kappa shape index (κ2) is 4.31. The number of hydrogen-bond acceptors (Lipinski definition) is 4. The Bertz CT molecular complexity index is 525. The maximum atomic E-state index is 11.8. The minimum absolute atomic E-state index is 0.143. The summed E-state index contributed by atoms with van der Waals surface area (Å²) >= 11 is 0. The number of ether oxygens (including phenoxy) is 1. The fourth-order valence-corrected chi connectivity index (χ4v) is 3.71. The van der Waals surface area contributed by atoms with Crippen LogP contribution >= 0.6 is 0 Å². The SMILES string of the molecule is CNC1c2cc(OC)ccc2CC1S(C)(=O)=O. The van der Waals surface area contributed by atoms with Crippen LogP contribution in [0.25, 0.3) is 0 Å². The number of nitrogens with one attached hydrogen (secondary N) is 1. The smallest absolute Gasteiger partial charge is 0.152 e. The molecule has 5 heteroatoms. The number of methoxy groups -OCH3 is 1. The Balaban J connectivity index is 2.46. The Morgan fingerprint density at radius 2 is 2.12 bits per heavy atom. The van der Waals surface area contributed by atoms with Crippen LogP contribution in [0.15, 0.2) is 18.2 Å². The van der Waals surface area contributed by atoms with E-state index in [1.54, 1.807) is 14.2 Å². The van der Waals surface area contributed by atoms with E-state index >= 15 is 0 Å². The molecule has 2 unspecified atom stereocenters. The highest BCUT2D eigenvalue weighted by molar-refractivity contribution is 7.91. The van der Waals surface area contributed by atoms with Gasteiger partial charge in [-0.25, -0.2) is 8.42 Å². The molecular formula is C12H17NO3S. The summed E-state index contributed by atoms with van der Waals surface area (Å²) in [5.41, 5.74) is 2.11. The maximum Gasteiger partial charge on any atom is 0.152 e. The van der Waals surface area contributed by atoms with Crippen LogP contribution in [0.1, 0.15) is 17.2 Å². The molecule has 1 aromatic carbocycles. The first kappa shape index (κ1) is 12.4. The lowest BCUT2D eigenvalue weighted by Crippen LogP contribution is -2.32. The van der Waals surface area contributed by atoms with E-state index in [0.717, 1.165) is 16.9 Å². The van der Waals surface area contributed by atoms with Crippen molar-refractivity contribution in [1.82, 2.24) is 5.32 Å². The van der Waals surface area contributed by atoms with Gasteiger partial charge in [0.1, 0.15) is 5.75 Å². The van der Waals surface area contributed by atoms with Gasteiger partial charge in [0.15, 0.2) is 9.84 Å². The fraction of sp³-hybridized carbons (Fsp3) is 0.500. The quantitative estimate of drug-likeness (QED) is 0.873. The molecule has 0 bridgehead atoms. The van der Waals surface area contributed by atoms with Crippen LogP contribution in [0.5, 0.6) is 5.75 Å². The third kappa shape index (κ3) is 2.17. The summed E-state index contributed by atoms with van der Waals surface area (Å²) in [6.45, 7) is 0. The first-order valence-electron chi connectivity index (χ1n) is 5.50. The van der Waals surface area contributed by atoms with Crippen molar-refractivity contribution in [3.63, 3.8) is 0 Å². The number of sulfone groups is 1. The predicted octanol–water partition coefficient (Wildman–Crippen LogP) is 0.925. The van der Waals surface area contributed by atoms with Gasteiger partial charge < -0.3 is 10.1 Å². The van der Waals surface area contributed by atoms with Crippen molar-refractivity contribution >= 4 is 9.84 Å². The van der Waals surface area contributed by atoms with Crippen molar-refractivity contribution in [3.05, 3.63) is 29.3 Å². The highest BCUT2D eigenvalue weighted by Gasteiger charge is 2.38. The molecule has 0 saturated carbocycles. The summed E-state index contributed by atoms with van der Waals surface area (Å²) in [6.07, 6.45) is 1.87. The monoisotopic (exact) mass is 255 g/mol. The molecule has 1 N–H and O–H groups in total. The maximum absolute atomic E-state index is 11.8. The molecule has 0 amide bonds. The van der Waals surface area contributed by atoms with E-state index in [2.05, 4.69) is 5.32 Å². The molecule has 94 valence electrons. The van der Waals surface area contributed by atoms with Gasteiger partial charge in [0, 0.05) is 12.3 Å². The van der Waals surface area contributed by atoms with Crippen molar-refractivity contribution in [2.24, 2.45) is 0 Å². The Morgan fingerprint density at radius 3 is 2.65 bits per heavy atom. The summed E-state index contributed by atoms with van der Waals surface area (Å²) in [5, 5.41) is 2.71. The van der Waals surface area contributed by atoms with E-state index in [1.807, 2.05) is 18.2 Å². The van der Waals surface area contributed by atoms with Crippen molar-refractivity contribution < 1.29 is 13.2 Å². The zero-order valence-corrected chi connectivity index (χ0v) is 11.0. The average Bonchev–Trinajstić information content (AvgIpc) is 2.65. The van der Waals surface area contributed by atoms with Crippen LogP contribution in [-0.4, -0.2) is 34.1 Å². The highest BCUT2D eigenvalue weighted by atomic mass is 32.2. The number of hydrogen-bond donors (Lipinski definition) is 1. The van der Waals surface area contributed by atoms with Crippen LogP contribution in [0.2, 0.25) is 0 Å². The van der Waals surface area contributed by atoms with Crippen LogP contribution in [0.4, 0.5) is 0 Å². The topological polar surface area (TPSA) is 55.4 Å². The van der Waals surface area contributed by atoms with Gasteiger partial charge in [-0.3, -0.25) is 0 Å². The summed E-state index contributed by atoms with van der Waals surface area (Å²) < 4.78 is 28.7. The van der Waals surface area contributed by atoms with E-state index in [1.165, 1.54) is 6.26 Å². The first-order chi connectivity index (χ1) is 7.97. The summed E-state index contributed by atoms with van der Waals surface area (Å²) in [4.78, 5) is 0. The molecule has 2 rings (SSSR count). The molecule has 0 saturated heterocycles. The van der Waals surface area contributed by atoms with Crippen molar-refractivity contribution in [1.29, 1.82) is 0 Å². The molecule has 1 aliphatic carbocycles. The lowest BCUT2D eigenvalue weighted by molar-refractivity contribution is 0.413. The summed E-state index contributed by atoms with van der Waals surface area (Å²) in [5.74, 6) is 0.762. The van der Waals surface area contributed by atoms with E-state index in [9.17, 15) is 8.42 Å². The minimum Gasteiger partial charge on any atom is -0.497 e. The Hall–Kier alpha value is -1.07. The lowest BCUT2D eigenvalue weighted by atomic mass is 10.1. The third-order valence-corrected chi connectivity index (χ3v) is 4.88. The molecule has 1 aromatic rings. The van der Waals surface area contributed by atoms with Crippen LogP contribution < -0.4 is 10.1 Å². The molecule has 0 aromatic heterocycles. The van der Waals surface area contributed by atoms with E-state index in [-0.39, 0.29) is 11.3 Å². The van der Waals surface area contributed by atoms with Gasteiger partial charge in [-0.15, -0.1) is 0 Å². The molecule has 0 spiro atoms. The Morgan fingerprint density at radius 1 is 1.41 bits per heavy atom. The van der Waals surface area contributed by atoms with Gasteiger partial charge in [-0.05, 0) is 36.7 Å². The van der Waals surface area contributed by atoms with Crippen molar-refractivity contribution in [2.45, 2.75) is 17.7 Å². The molecule has 0 aliphatic heterocycles. The van der Waals surface area contributed by atoms with E-state index in [4.69, 9.17) is 4.74 Å². The van der Waals surface area contributed by atoms with Crippen molar-refractivity contribution in [2.75, 3.05) is 20.4 Å². The number of rotatable bonds is 3. The van der Waals surface area contributed by atoms with Crippen LogP contribution in [-0.2, 0) is 16.3 Å². The second-order valence-electron chi connectivity index (χ2n) is 4.40. The first-order valence-corrected chi connectivity index (χ1v) is 7.45. The summed E-state index contributed by atoms with van der Waals surface area (Å²) in [6, 6.07) is 5.59. The molecular weight excluding hydrogens is 238 g/mol. The van der Waals surface area contributed by atoms with Gasteiger partial charge in [0.05, 0.1) is 12.4 Å². The molecule has 0 heterocycles. The highest BCUT2D eigenvalue weighted by Crippen LogP contribution is 2.36. The average molecular weight is 255 g/mol. The molecule has 2 atom stereocenters. The molecule has 1 aliphatic rings. The molecule has 0 fully saturated rings. The second-order valence-corrected chi connectivity index (χ2v) is 6.67. The van der Waals surface area contributed by atoms with Gasteiger partial charge in [0.2, 0.25) is 0 Å². The minimum atomic E-state index is -3.05. The summed E-state index contributed by atoms with van der Waals surface area (Å²) in [7, 11) is 0.345. The van der Waals surface area contributed by atoms with E-state index < -0.39 is 9.84 Å². The predicted molar refractivity (Wildman–Crippen MR) is 67.1 cm³/mol. The zero-order chi connectivity index (χ0) is 12.6. The van der Waals surface area contributed by atoms with Crippen LogP contribution in [0, 0.1) is 0 Å². The van der Waals surface area contributed by atoms with Gasteiger partial charge in [-0.2, -0.15) is 0 Å². The Labute approximate surface area is 102 Å². The zero-order valence-electron chi connectivity index (χ0n) is 10.2. The van der Waals surface area contributed by atoms with Gasteiger partial charge in [0.25, 0.3) is 0 Å². The van der Waals surface area contributed by atoms with E-state index in [0.29, 0.717) is 6.42 Å². The lowest BCUT2D eigenvalue weighted by Gasteiger charge is -2.18. The fourth-order valence-electron chi connectivity index (χ4n) is 2.45. The Kier molecular flexibility index (Phi) is 3.14. The van der Waals surface area contributed by atoms with Crippen LogP contribution in [0.3, 0.4) is 0 Å². The number of fused-ring (bicyclic) bond motifs is 1. The van der Waals surface area contributed by atoms with Crippen molar-refractivity contribution in [3.8, 4) is 5.75 Å². The standard InChI is InChI=1S/C12H17NO3S/c1-13-12-10-7-9(16-2)5-4-8(10)6-11(12)17(3,14)15/h4-5,7,11-13H,6H2,1-3H3. The molecule has 4 nitrogen and oxygen atoms in total. The van der Waals surface area contributed by atoms with Gasteiger partial charge in [-0.1, -0.05) is 6.07 Å². The normalized spacial score (nSPS) is 23.5.